The van der Waals surface area contributed by atoms with E-state index in [-0.39, 0.29) is 17.4 Å². The SMILES string of the molecule is NC(=O)CSCC(=O)Nc1ccccc1N1CCCCCC1. The molecule has 2 amide bonds. The first kappa shape index (κ1) is 16.7. The lowest BCUT2D eigenvalue weighted by molar-refractivity contribution is -0.115. The van der Waals surface area contributed by atoms with Crippen LogP contribution in [0.4, 0.5) is 11.4 Å². The van der Waals surface area contributed by atoms with Crippen LogP contribution in [-0.4, -0.2) is 36.4 Å². The number of amides is 2. The van der Waals surface area contributed by atoms with E-state index in [0.717, 1.165) is 24.5 Å². The van der Waals surface area contributed by atoms with Crippen LogP contribution < -0.4 is 16.0 Å². The molecular weight excluding hydrogens is 298 g/mol. The van der Waals surface area contributed by atoms with E-state index in [2.05, 4.69) is 16.3 Å². The van der Waals surface area contributed by atoms with Crippen molar-refractivity contribution >= 4 is 35.0 Å². The van der Waals surface area contributed by atoms with E-state index in [9.17, 15) is 9.59 Å². The van der Waals surface area contributed by atoms with Gasteiger partial charge in [-0.25, -0.2) is 0 Å². The van der Waals surface area contributed by atoms with Crippen molar-refractivity contribution in [2.75, 3.05) is 34.8 Å². The van der Waals surface area contributed by atoms with E-state index < -0.39 is 5.91 Å². The van der Waals surface area contributed by atoms with Gasteiger partial charge < -0.3 is 16.0 Å². The molecule has 0 atom stereocenters. The van der Waals surface area contributed by atoms with Crippen LogP contribution in [-0.2, 0) is 9.59 Å². The van der Waals surface area contributed by atoms with Gasteiger partial charge in [0.25, 0.3) is 0 Å². The first-order valence-corrected chi connectivity index (χ1v) is 8.82. The molecule has 5 nitrogen and oxygen atoms in total. The second kappa shape index (κ2) is 8.68. The standard InChI is InChI=1S/C16H23N3O2S/c17-15(20)11-22-12-16(21)18-13-7-3-4-8-14(13)19-9-5-1-2-6-10-19/h3-4,7-8H,1-2,5-6,9-12H2,(H2,17,20)(H,18,21). The first-order valence-electron chi connectivity index (χ1n) is 7.66. The van der Waals surface area contributed by atoms with Gasteiger partial charge >= 0.3 is 0 Å². The van der Waals surface area contributed by atoms with E-state index in [1.807, 2.05) is 18.2 Å². The van der Waals surface area contributed by atoms with E-state index in [0.29, 0.717) is 0 Å². The van der Waals surface area contributed by atoms with Gasteiger partial charge in [-0.3, -0.25) is 9.59 Å². The van der Waals surface area contributed by atoms with E-state index >= 15 is 0 Å². The summed E-state index contributed by atoms with van der Waals surface area (Å²) in [5, 5.41) is 2.95. The monoisotopic (exact) mass is 321 g/mol. The van der Waals surface area contributed by atoms with Crippen molar-refractivity contribution in [3.05, 3.63) is 24.3 Å². The van der Waals surface area contributed by atoms with Crippen molar-refractivity contribution in [3.63, 3.8) is 0 Å². The lowest BCUT2D eigenvalue weighted by Crippen LogP contribution is -2.26. The number of nitrogens with one attached hydrogen (secondary N) is 1. The Kier molecular flexibility index (Phi) is 6.58. The van der Waals surface area contributed by atoms with Gasteiger partial charge in [-0.15, -0.1) is 11.8 Å². The molecule has 1 aromatic rings. The quantitative estimate of drug-likeness (QED) is 0.842. The van der Waals surface area contributed by atoms with E-state index in [4.69, 9.17) is 5.73 Å². The van der Waals surface area contributed by atoms with Crippen LogP contribution in [0.2, 0.25) is 0 Å². The molecule has 0 aliphatic carbocycles. The molecule has 0 bridgehead atoms. The number of hydrogen-bond donors (Lipinski definition) is 2. The van der Waals surface area contributed by atoms with Gasteiger partial charge in [-0.2, -0.15) is 0 Å². The van der Waals surface area contributed by atoms with Gasteiger partial charge in [0.2, 0.25) is 11.8 Å². The first-order chi connectivity index (χ1) is 10.7. The summed E-state index contributed by atoms with van der Waals surface area (Å²) >= 11 is 1.23. The number of carbonyl (C=O) groups is 2. The van der Waals surface area contributed by atoms with Crippen LogP contribution >= 0.6 is 11.8 Å². The number of benzene rings is 1. The van der Waals surface area contributed by atoms with Crippen LogP contribution in [0.25, 0.3) is 0 Å². The molecule has 1 aromatic carbocycles. The molecular formula is C16H23N3O2S. The van der Waals surface area contributed by atoms with Crippen molar-refractivity contribution in [3.8, 4) is 0 Å². The van der Waals surface area contributed by atoms with Gasteiger partial charge in [0.15, 0.2) is 0 Å². The zero-order valence-electron chi connectivity index (χ0n) is 12.7. The number of nitrogens with zero attached hydrogens (tertiary/aromatic N) is 1. The summed E-state index contributed by atoms with van der Waals surface area (Å²) in [6.07, 6.45) is 4.93. The molecule has 2 rings (SSSR count). The summed E-state index contributed by atoms with van der Waals surface area (Å²) in [6.45, 7) is 2.06. The number of thioether (sulfide) groups is 1. The fourth-order valence-corrected chi connectivity index (χ4v) is 3.16. The molecule has 1 saturated heterocycles. The van der Waals surface area contributed by atoms with Crippen LogP contribution in [0.3, 0.4) is 0 Å². The third-order valence-electron chi connectivity index (χ3n) is 3.60. The zero-order chi connectivity index (χ0) is 15.8. The lowest BCUT2D eigenvalue weighted by atomic mass is 10.2. The smallest absolute Gasteiger partial charge is 0.234 e. The van der Waals surface area contributed by atoms with Gasteiger partial charge in [0, 0.05) is 13.1 Å². The van der Waals surface area contributed by atoms with Crippen molar-refractivity contribution < 1.29 is 9.59 Å². The molecule has 1 heterocycles. The Hall–Kier alpha value is -1.69. The van der Waals surface area contributed by atoms with Gasteiger partial charge in [0.1, 0.15) is 0 Å². The van der Waals surface area contributed by atoms with Crippen LogP contribution in [0.1, 0.15) is 25.7 Å². The highest BCUT2D eigenvalue weighted by molar-refractivity contribution is 8.00. The summed E-state index contributed by atoms with van der Waals surface area (Å²) < 4.78 is 0. The summed E-state index contributed by atoms with van der Waals surface area (Å²) in [4.78, 5) is 25.0. The maximum atomic E-state index is 12.0. The average Bonchev–Trinajstić information content (AvgIpc) is 2.76. The maximum Gasteiger partial charge on any atom is 0.234 e. The third-order valence-corrected chi connectivity index (χ3v) is 4.56. The van der Waals surface area contributed by atoms with Crippen LogP contribution in [0, 0.1) is 0 Å². The summed E-state index contributed by atoms with van der Waals surface area (Å²) in [7, 11) is 0. The molecule has 0 unspecified atom stereocenters. The number of carbonyl (C=O) groups excluding carboxylic acids is 2. The Morgan fingerprint density at radius 3 is 2.45 bits per heavy atom. The maximum absolute atomic E-state index is 12.0. The number of nitrogens with two attached hydrogens (primary N) is 1. The third kappa shape index (κ3) is 5.26. The molecule has 0 saturated carbocycles. The van der Waals surface area contributed by atoms with Crippen LogP contribution in [0.5, 0.6) is 0 Å². The normalized spacial score (nSPS) is 15.2. The highest BCUT2D eigenvalue weighted by Crippen LogP contribution is 2.28. The fourth-order valence-electron chi connectivity index (χ4n) is 2.60. The Balaban J connectivity index is 1.98. The average molecular weight is 321 g/mol. The molecule has 6 heteroatoms. The van der Waals surface area contributed by atoms with Gasteiger partial charge in [-0.05, 0) is 25.0 Å². The summed E-state index contributed by atoms with van der Waals surface area (Å²) in [5.41, 5.74) is 6.99. The highest BCUT2D eigenvalue weighted by atomic mass is 32.2. The Labute approximate surface area is 135 Å². The molecule has 1 aliphatic heterocycles. The zero-order valence-corrected chi connectivity index (χ0v) is 13.5. The van der Waals surface area contributed by atoms with Crippen LogP contribution in [0.15, 0.2) is 24.3 Å². The topological polar surface area (TPSA) is 75.4 Å². The predicted molar refractivity (Wildman–Crippen MR) is 92.3 cm³/mol. The van der Waals surface area contributed by atoms with Gasteiger partial charge in [0.05, 0.1) is 22.9 Å². The number of para-hydroxylation sites is 2. The molecule has 0 aromatic heterocycles. The molecule has 1 fully saturated rings. The van der Waals surface area contributed by atoms with Gasteiger partial charge in [-0.1, -0.05) is 25.0 Å². The Morgan fingerprint density at radius 2 is 1.77 bits per heavy atom. The minimum Gasteiger partial charge on any atom is -0.370 e. The number of rotatable bonds is 6. The molecule has 0 spiro atoms. The summed E-state index contributed by atoms with van der Waals surface area (Å²) in [5.74, 6) is -0.102. The Bertz CT molecular complexity index is 514. The highest BCUT2D eigenvalue weighted by Gasteiger charge is 2.14. The Morgan fingerprint density at radius 1 is 1.09 bits per heavy atom. The second-order valence-electron chi connectivity index (χ2n) is 5.43. The molecule has 0 radical (unpaired) electrons. The lowest BCUT2D eigenvalue weighted by Gasteiger charge is -2.25. The molecule has 1 aliphatic rings. The molecule has 22 heavy (non-hydrogen) atoms. The minimum absolute atomic E-state index is 0.103. The molecule has 120 valence electrons. The van der Waals surface area contributed by atoms with E-state index in [1.54, 1.807) is 0 Å². The number of anilines is 2. The number of hydrogen-bond acceptors (Lipinski definition) is 4. The van der Waals surface area contributed by atoms with Crippen molar-refractivity contribution in [1.82, 2.24) is 0 Å². The van der Waals surface area contributed by atoms with E-state index in [1.165, 1.54) is 37.4 Å². The fraction of sp³-hybridized carbons (Fsp3) is 0.500. The summed E-state index contributed by atoms with van der Waals surface area (Å²) in [6, 6.07) is 7.90. The predicted octanol–water partition coefficient (Wildman–Crippen LogP) is 2.22. The largest absolute Gasteiger partial charge is 0.370 e. The second-order valence-corrected chi connectivity index (χ2v) is 6.41. The van der Waals surface area contributed by atoms with Crippen molar-refractivity contribution in [2.45, 2.75) is 25.7 Å². The van der Waals surface area contributed by atoms with Crippen molar-refractivity contribution in [1.29, 1.82) is 0 Å². The number of primary amides is 1. The van der Waals surface area contributed by atoms with Crippen molar-refractivity contribution in [2.24, 2.45) is 5.73 Å². The molecule has 3 N–H and O–H groups in total. The minimum atomic E-state index is -0.400.